The van der Waals surface area contributed by atoms with Crippen LogP contribution in [-0.2, 0) is 16.6 Å². The van der Waals surface area contributed by atoms with Gasteiger partial charge in [0.2, 0.25) is 0 Å². The molecule has 0 atom stereocenters. The highest BCUT2D eigenvalue weighted by atomic mass is 16.4. The largest absolute Gasteiger partial charge is 0.481 e. The number of pyridine rings is 1. The summed E-state index contributed by atoms with van der Waals surface area (Å²) in [6, 6.07) is 1.94. The maximum Gasteiger partial charge on any atom is 0.314 e. The number of nitrogens with zero attached hydrogens (tertiary/aromatic N) is 1. The van der Waals surface area contributed by atoms with Crippen molar-refractivity contribution in [2.45, 2.75) is 44.4 Å². The Morgan fingerprint density at radius 1 is 1.50 bits per heavy atom. The van der Waals surface area contributed by atoms with Crippen LogP contribution in [0.1, 0.15) is 43.7 Å². The van der Waals surface area contributed by atoms with Crippen LogP contribution in [0.15, 0.2) is 18.5 Å². The van der Waals surface area contributed by atoms with E-state index in [2.05, 4.69) is 11.9 Å². The molecule has 0 aromatic carbocycles. The van der Waals surface area contributed by atoms with E-state index >= 15 is 0 Å². The van der Waals surface area contributed by atoms with E-state index in [9.17, 15) is 9.90 Å². The van der Waals surface area contributed by atoms with Gasteiger partial charge >= 0.3 is 5.97 Å². The number of carboxylic acid groups (broad SMARTS) is 1. The van der Waals surface area contributed by atoms with Crippen LogP contribution in [0.3, 0.4) is 0 Å². The van der Waals surface area contributed by atoms with Crippen molar-refractivity contribution >= 4 is 5.97 Å². The predicted molar refractivity (Wildman–Crippen MR) is 61.4 cm³/mol. The standard InChI is InChI=1S/C13H17NO2/c1-2-10-5-8-14-9-11(10)13(12(15)16)6-3-4-7-13/h5,8-9H,2-4,6-7H2,1H3,(H,15,16). The molecule has 0 bridgehead atoms. The van der Waals surface area contributed by atoms with E-state index in [1.165, 1.54) is 0 Å². The van der Waals surface area contributed by atoms with Gasteiger partial charge in [0.25, 0.3) is 0 Å². The lowest BCUT2D eigenvalue weighted by Gasteiger charge is -2.26. The van der Waals surface area contributed by atoms with Crippen LogP contribution >= 0.6 is 0 Å². The van der Waals surface area contributed by atoms with Gasteiger partial charge in [0.15, 0.2) is 0 Å². The average molecular weight is 219 g/mol. The second kappa shape index (κ2) is 4.24. The van der Waals surface area contributed by atoms with Crippen molar-refractivity contribution in [1.29, 1.82) is 0 Å². The molecule has 0 spiro atoms. The van der Waals surface area contributed by atoms with Crippen molar-refractivity contribution in [2.24, 2.45) is 0 Å². The topological polar surface area (TPSA) is 50.2 Å². The first-order valence-corrected chi connectivity index (χ1v) is 5.87. The Balaban J connectivity index is 2.51. The minimum atomic E-state index is -0.687. The molecule has 3 nitrogen and oxygen atoms in total. The average Bonchev–Trinajstić information content (AvgIpc) is 2.79. The Kier molecular flexibility index (Phi) is 2.95. The van der Waals surface area contributed by atoms with Crippen LogP contribution in [0.4, 0.5) is 0 Å². The normalized spacial score (nSPS) is 18.6. The predicted octanol–water partition coefficient (Wildman–Crippen LogP) is 2.54. The van der Waals surface area contributed by atoms with Crippen molar-refractivity contribution in [3.8, 4) is 0 Å². The van der Waals surface area contributed by atoms with E-state index in [1.807, 2.05) is 6.07 Å². The fraction of sp³-hybridized carbons (Fsp3) is 0.538. The van der Waals surface area contributed by atoms with Gasteiger partial charge in [-0.3, -0.25) is 9.78 Å². The van der Waals surface area contributed by atoms with Gasteiger partial charge in [0.05, 0.1) is 5.41 Å². The fourth-order valence-electron chi connectivity index (χ4n) is 2.74. The van der Waals surface area contributed by atoms with Crippen LogP contribution in [0.25, 0.3) is 0 Å². The first kappa shape index (κ1) is 11.1. The molecule has 86 valence electrons. The molecule has 0 saturated heterocycles. The first-order valence-electron chi connectivity index (χ1n) is 5.87. The molecule has 0 unspecified atom stereocenters. The van der Waals surface area contributed by atoms with E-state index in [-0.39, 0.29) is 0 Å². The number of rotatable bonds is 3. The van der Waals surface area contributed by atoms with Crippen LogP contribution in [0.5, 0.6) is 0 Å². The zero-order chi connectivity index (χ0) is 11.6. The first-order chi connectivity index (χ1) is 7.70. The zero-order valence-electron chi connectivity index (χ0n) is 9.57. The number of carboxylic acids is 1. The summed E-state index contributed by atoms with van der Waals surface area (Å²) in [5.74, 6) is -0.687. The minimum absolute atomic E-state index is 0.667. The third kappa shape index (κ3) is 1.60. The van der Waals surface area contributed by atoms with Crippen molar-refractivity contribution in [1.82, 2.24) is 4.98 Å². The highest BCUT2D eigenvalue weighted by molar-refractivity contribution is 5.82. The Morgan fingerprint density at radius 3 is 2.75 bits per heavy atom. The maximum atomic E-state index is 11.6. The summed E-state index contributed by atoms with van der Waals surface area (Å²) in [7, 11) is 0. The molecule has 16 heavy (non-hydrogen) atoms. The van der Waals surface area contributed by atoms with Crippen LogP contribution in [0, 0.1) is 0 Å². The van der Waals surface area contributed by atoms with Gasteiger partial charge in [-0.25, -0.2) is 0 Å². The van der Waals surface area contributed by atoms with Crippen molar-refractivity contribution in [2.75, 3.05) is 0 Å². The second-order valence-electron chi connectivity index (χ2n) is 4.48. The molecule has 1 heterocycles. The summed E-state index contributed by atoms with van der Waals surface area (Å²) < 4.78 is 0. The maximum absolute atomic E-state index is 11.6. The summed E-state index contributed by atoms with van der Waals surface area (Å²) in [5.41, 5.74) is 1.39. The molecule has 1 saturated carbocycles. The third-order valence-electron chi connectivity index (χ3n) is 3.67. The van der Waals surface area contributed by atoms with Gasteiger partial charge in [-0.1, -0.05) is 19.8 Å². The molecule has 3 heteroatoms. The number of hydrogen-bond acceptors (Lipinski definition) is 2. The fourth-order valence-corrected chi connectivity index (χ4v) is 2.74. The number of aliphatic carboxylic acids is 1. The third-order valence-corrected chi connectivity index (χ3v) is 3.67. The molecule has 1 aliphatic rings. The molecular formula is C13H17NO2. The van der Waals surface area contributed by atoms with E-state index in [1.54, 1.807) is 12.4 Å². The summed E-state index contributed by atoms with van der Waals surface area (Å²) in [5, 5.41) is 9.51. The molecule has 0 aliphatic heterocycles. The Bertz CT molecular complexity index is 395. The lowest BCUT2D eigenvalue weighted by atomic mass is 9.77. The highest BCUT2D eigenvalue weighted by Gasteiger charge is 2.44. The van der Waals surface area contributed by atoms with Crippen LogP contribution < -0.4 is 0 Å². The lowest BCUT2D eigenvalue weighted by molar-refractivity contribution is -0.143. The Hall–Kier alpha value is -1.38. The van der Waals surface area contributed by atoms with Gasteiger partial charge in [-0.2, -0.15) is 0 Å². The molecule has 1 N–H and O–H groups in total. The zero-order valence-corrected chi connectivity index (χ0v) is 9.57. The quantitative estimate of drug-likeness (QED) is 0.849. The molecule has 0 amide bonds. The summed E-state index contributed by atoms with van der Waals surface area (Å²) >= 11 is 0. The van der Waals surface area contributed by atoms with E-state index < -0.39 is 11.4 Å². The smallest absolute Gasteiger partial charge is 0.314 e. The van der Waals surface area contributed by atoms with Crippen LogP contribution in [-0.4, -0.2) is 16.1 Å². The molecule has 2 rings (SSSR count). The molecule has 1 aromatic heterocycles. The minimum Gasteiger partial charge on any atom is -0.481 e. The molecule has 1 aliphatic carbocycles. The van der Waals surface area contributed by atoms with Crippen molar-refractivity contribution < 1.29 is 9.90 Å². The monoisotopic (exact) mass is 219 g/mol. The summed E-state index contributed by atoms with van der Waals surface area (Å²) in [6.45, 7) is 2.06. The number of aryl methyl sites for hydroxylation is 1. The highest BCUT2D eigenvalue weighted by Crippen LogP contribution is 2.42. The lowest BCUT2D eigenvalue weighted by Crippen LogP contribution is -2.33. The van der Waals surface area contributed by atoms with Gasteiger partial charge in [-0.15, -0.1) is 0 Å². The van der Waals surface area contributed by atoms with Gasteiger partial charge in [-0.05, 0) is 36.5 Å². The molecule has 1 aromatic rings. The number of carbonyl (C=O) groups is 1. The second-order valence-corrected chi connectivity index (χ2v) is 4.48. The summed E-state index contributed by atoms with van der Waals surface area (Å²) in [4.78, 5) is 15.7. The molecule has 0 radical (unpaired) electrons. The molecule has 1 fully saturated rings. The van der Waals surface area contributed by atoms with Gasteiger partial charge < -0.3 is 5.11 Å². The van der Waals surface area contributed by atoms with Crippen LogP contribution in [0.2, 0.25) is 0 Å². The number of hydrogen-bond donors (Lipinski definition) is 1. The van der Waals surface area contributed by atoms with Crippen molar-refractivity contribution in [3.05, 3.63) is 29.6 Å². The number of aromatic nitrogens is 1. The Labute approximate surface area is 95.5 Å². The Morgan fingerprint density at radius 2 is 2.19 bits per heavy atom. The molecular weight excluding hydrogens is 202 g/mol. The van der Waals surface area contributed by atoms with Gasteiger partial charge in [0, 0.05) is 12.4 Å². The summed E-state index contributed by atoms with van der Waals surface area (Å²) in [6.07, 6.45) is 7.87. The van der Waals surface area contributed by atoms with E-state index in [0.717, 1.165) is 43.2 Å². The van der Waals surface area contributed by atoms with Gasteiger partial charge in [0.1, 0.15) is 0 Å². The SMILES string of the molecule is CCc1ccncc1C1(C(=O)O)CCCC1. The van der Waals surface area contributed by atoms with Crippen molar-refractivity contribution in [3.63, 3.8) is 0 Å². The van der Waals surface area contributed by atoms with E-state index in [0.29, 0.717) is 0 Å². The van der Waals surface area contributed by atoms with E-state index in [4.69, 9.17) is 0 Å².